The van der Waals surface area contributed by atoms with Crippen LogP contribution in [0.4, 0.5) is 10.1 Å². The zero-order valence-corrected chi connectivity index (χ0v) is 17.2. The maximum atomic E-state index is 14.1. The van der Waals surface area contributed by atoms with E-state index in [1.165, 1.54) is 6.07 Å². The molecule has 27 heavy (non-hydrogen) atoms. The number of anilines is 1. The maximum absolute atomic E-state index is 14.1. The molecule has 2 rings (SSSR count). The quantitative estimate of drug-likeness (QED) is 0.686. The molecular weight excluding hydrogens is 369 g/mol. The Morgan fingerprint density at radius 2 is 1.93 bits per heavy atom. The molecule has 1 amide bonds. The van der Waals surface area contributed by atoms with E-state index in [-0.39, 0.29) is 17.5 Å². The van der Waals surface area contributed by atoms with E-state index in [0.717, 1.165) is 38.1 Å². The number of piperidine rings is 1. The van der Waals surface area contributed by atoms with Crippen molar-refractivity contribution < 1.29 is 17.6 Å². The van der Waals surface area contributed by atoms with E-state index in [9.17, 15) is 17.6 Å². The molecule has 1 aliphatic heterocycles. The molecule has 1 unspecified atom stereocenters. The van der Waals surface area contributed by atoms with Crippen molar-refractivity contribution in [3.05, 3.63) is 24.0 Å². The molecule has 0 saturated carbocycles. The lowest BCUT2D eigenvalue weighted by Gasteiger charge is -2.27. The van der Waals surface area contributed by atoms with Gasteiger partial charge in [0.1, 0.15) is 10.7 Å². The molecule has 1 saturated heterocycles. The Morgan fingerprint density at radius 1 is 1.30 bits per heavy atom. The zero-order chi connectivity index (χ0) is 20.2. The van der Waals surface area contributed by atoms with E-state index in [2.05, 4.69) is 22.3 Å². The molecule has 1 aromatic carbocycles. The largest absolute Gasteiger partial charge is 0.326 e. The van der Waals surface area contributed by atoms with Gasteiger partial charge in [-0.25, -0.2) is 17.5 Å². The fourth-order valence-corrected chi connectivity index (χ4v) is 4.85. The van der Waals surface area contributed by atoms with Gasteiger partial charge in [0.2, 0.25) is 15.9 Å². The van der Waals surface area contributed by atoms with Gasteiger partial charge in [-0.15, -0.1) is 0 Å². The molecule has 0 aromatic heterocycles. The highest BCUT2D eigenvalue weighted by Gasteiger charge is 2.26. The lowest BCUT2D eigenvalue weighted by Crippen LogP contribution is -2.40. The van der Waals surface area contributed by atoms with Gasteiger partial charge in [0, 0.05) is 17.6 Å². The number of carbonyl (C=O) groups is 1. The third kappa shape index (κ3) is 6.55. The fourth-order valence-electron chi connectivity index (χ4n) is 3.33. The second-order valence-electron chi connectivity index (χ2n) is 8.32. The Bertz CT molecular complexity index is 769. The third-order valence-electron chi connectivity index (χ3n) is 4.64. The van der Waals surface area contributed by atoms with Crippen LogP contribution in [0.25, 0.3) is 0 Å². The summed E-state index contributed by atoms with van der Waals surface area (Å²) in [7, 11) is -4.03. The minimum absolute atomic E-state index is 0.195. The van der Waals surface area contributed by atoms with Crippen LogP contribution in [-0.4, -0.2) is 33.0 Å². The summed E-state index contributed by atoms with van der Waals surface area (Å²) in [5, 5.41) is 6.01. The maximum Gasteiger partial charge on any atom is 0.244 e. The first-order valence-corrected chi connectivity index (χ1v) is 10.8. The lowest BCUT2D eigenvalue weighted by atomic mass is 9.84. The van der Waals surface area contributed by atoms with Crippen LogP contribution in [0.5, 0.6) is 0 Å². The normalized spacial score (nSPS) is 17.5. The summed E-state index contributed by atoms with van der Waals surface area (Å²) in [4.78, 5) is 11.9. The summed E-state index contributed by atoms with van der Waals surface area (Å²) < 4.78 is 41.4. The minimum Gasteiger partial charge on any atom is -0.326 e. The summed E-state index contributed by atoms with van der Waals surface area (Å²) in [5.41, 5.74) is -0.470. The van der Waals surface area contributed by atoms with E-state index < -0.39 is 26.3 Å². The van der Waals surface area contributed by atoms with Crippen LogP contribution in [0.15, 0.2) is 23.1 Å². The van der Waals surface area contributed by atoms with Gasteiger partial charge >= 0.3 is 0 Å². The second kappa shape index (κ2) is 8.67. The molecule has 6 nitrogen and oxygen atoms in total. The van der Waals surface area contributed by atoms with E-state index >= 15 is 0 Å². The standard InChI is InChI=1S/C19H30FN3O3S/c1-13(14-7-9-21-10-8-14)11-18(24)22-15-5-6-16(20)17(12-15)27(25,26)23-19(2,3)4/h5-6,12-14,21,23H,7-11H2,1-4H3,(H,22,24). The molecule has 1 aromatic rings. The highest BCUT2D eigenvalue weighted by atomic mass is 32.2. The molecule has 0 radical (unpaired) electrons. The number of rotatable bonds is 6. The van der Waals surface area contributed by atoms with E-state index in [1.807, 2.05) is 0 Å². The van der Waals surface area contributed by atoms with Crippen molar-refractivity contribution in [1.82, 2.24) is 10.0 Å². The van der Waals surface area contributed by atoms with Gasteiger partial charge in [-0.2, -0.15) is 0 Å². The predicted octanol–water partition coefficient (Wildman–Crippen LogP) is 2.87. The second-order valence-corrected chi connectivity index (χ2v) is 9.97. The molecule has 152 valence electrons. The Morgan fingerprint density at radius 3 is 2.52 bits per heavy atom. The topological polar surface area (TPSA) is 87.3 Å². The van der Waals surface area contributed by atoms with Gasteiger partial charge in [0.25, 0.3) is 0 Å². The van der Waals surface area contributed by atoms with E-state index in [0.29, 0.717) is 12.3 Å². The predicted molar refractivity (Wildman–Crippen MR) is 104 cm³/mol. The molecule has 0 aliphatic carbocycles. The molecule has 0 bridgehead atoms. The number of sulfonamides is 1. The average Bonchev–Trinajstić information content (AvgIpc) is 2.55. The monoisotopic (exact) mass is 399 g/mol. The highest BCUT2D eigenvalue weighted by molar-refractivity contribution is 7.89. The molecule has 0 spiro atoms. The molecular formula is C19H30FN3O3S. The Hall–Kier alpha value is -1.51. The molecule has 1 heterocycles. The first kappa shape index (κ1) is 21.8. The number of benzene rings is 1. The van der Waals surface area contributed by atoms with Gasteiger partial charge in [-0.3, -0.25) is 4.79 Å². The summed E-state index contributed by atoms with van der Waals surface area (Å²) in [6.45, 7) is 9.03. The molecule has 1 atom stereocenters. The Balaban J connectivity index is 2.07. The van der Waals surface area contributed by atoms with Crippen molar-refractivity contribution in [2.24, 2.45) is 11.8 Å². The first-order valence-electron chi connectivity index (χ1n) is 9.32. The van der Waals surface area contributed by atoms with Crippen molar-refractivity contribution in [1.29, 1.82) is 0 Å². The van der Waals surface area contributed by atoms with Gasteiger partial charge in [-0.05, 0) is 76.7 Å². The number of hydrogen-bond acceptors (Lipinski definition) is 4. The van der Waals surface area contributed by atoms with Crippen molar-refractivity contribution >= 4 is 21.6 Å². The van der Waals surface area contributed by atoms with Crippen molar-refractivity contribution in [3.8, 4) is 0 Å². The van der Waals surface area contributed by atoms with Crippen LogP contribution in [0.1, 0.15) is 47.0 Å². The zero-order valence-electron chi connectivity index (χ0n) is 16.4. The number of nitrogens with one attached hydrogen (secondary N) is 3. The summed E-state index contributed by atoms with van der Waals surface area (Å²) in [5.74, 6) is -0.317. The molecule has 1 aliphatic rings. The Kier molecular flexibility index (Phi) is 6.99. The van der Waals surface area contributed by atoms with Crippen molar-refractivity contribution in [3.63, 3.8) is 0 Å². The number of amides is 1. The minimum atomic E-state index is -4.03. The van der Waals surface area contributed by atoms with Crippen LogP contribution in [0, 0.1) is 17.7 Å². The number of hydrogen-bond donors (Lipinski definition) is 3. The van der Waals surface area contributed by atoms with Gasteiger partial charge in [0.15, 0.2) is 0 Å². The van der Waals surface area contributed by atoms with Crippen molar-refractivity contribution in [2.75, 3.05) is 18.4 Å². The van der Waals surface area contributed by atoms with Crippen LogP contribution in [0.2, 0.25) is 0 Å². The lowest BCUT2D eigenvalue weighted by molar-refractivity contribution is -0.117. The molecule has 8 heteroatoms. The van der Waals surface area contributed by atoms with E-state index in [4.69, 9.17) is 0 Å². The number of halogens is 1. The summed E-state index contributed by atoms with van der Waals surface area (Å²) >= 11 is 0. The molecule has 1 fully saturated rings. The van der Waals surface area contributed by atoms with Crippen LogP contribution in [0.3, 0.4) is 0 Å². The average molecular weight is 400 g/mol. The smallest absolute Gasteiger partial charge is 0.244 e. The van der Waals surface area contributed by atoms with E-state index in [1.54, 1.807) is 20.8 Å². The third-order valence-corrected chi connectivity index (χ3v) is 6.41. The van der Waals surface area contributed by atoms with Crippen LogP contribution < -0.4 is 15.4 Å². The Labute approximate surface area is 161 Å². The summed E-state index contributed by atoms with van der Waals surface area (Å²) in [6, 6.07) is 3.60. The van der Waals surface area contributed by atoms with Gasteiger partial charge in [0.05, 0.1) is 0 Å². The van der Waals surface area contributed by atoms with Gasteiger partial charge < -0.3 is 10.6 Å². The number of carbonyl (C=O) groups excluding carboxylic acids is 1. The van der Waals surface area contributed by atoms with Crippen molar-refractivity contribution in [2.45, 2.75) is 57.4 Å². The first-order chi connectivity index (χ1) is 12.5. The summed E-state index contributed by atoms with van der Waals surface area (Å²) in [6.07, 6.45) is 2.45. The fraction of sp³-hybridized carbons (Fsp3) is 0.632. The van der Waals surface area contributed by atoms with Gasteiger partial charge in [-0.1, -0.05) is 6.92 Å². The van der Waals surface area contributed by atoms with Crippen LogP contribution >= 0.6 is 0 Å². The highest BCUT2D eigenvalue weighted by Crippen LogP contribution is 2.25. The van der Waals surface area contributed by atoms with Crippen LogP contribution in [-0.2, 0) is 14.8 Å². The molecule has 3 N–H and O–H groups in total. The SMILES string of the molecule is CC(CC(=O)Nc1ccc(F)c(S(=O)(=O)NC(C)(C)C)c1)C1CCNCC1.